The lowest BCUT2D eigenvalue weighted by Crippen LogP contribution is -2.52. The number of hydrogen-bond donors (Lipinski definition) is 1. The first-order valence-corrected chi connectivity index (χ1v) is 10.5. The van der Waals surface area contributed by atoms with E-state index in [0.717, 1.165) is 4.68 Å². The van der Waals surface area contributed by atoms with Gasteiger partial charge in [-0.1, -0.05) is 11.6 Å². The maximum Gasteiger partial charge on any atom is 0.435 e. The van der Waals surface area contributed by atoms with E-state index in [2.05, 4.69) is 20.2 Å². The number of halogens is 4. The number of quaternary nitrogens is 1. The third-order valence-electron chi connectivity index (χ3n) is 5.63. The van der Waals surface area contributed by atoms with Crippen molar-refractivity contribution in [3.63, 3.8) is 0 Å². The molecule has 1 saturated heterocycles. The minimum atomic E-state index is -4.56. The van der Waals surface area contributed by atoms with Crippen molar-refractivity contribution in [2.45, 2.75) is 12.7 Å². The fourth-order valence-corrected chi connectivity index (χ4v) is 4.10. The summed E-state index contributed by atoms with van der Waals surface area (Å²) < 4.78 is 46.0. The molecule has 14 heteroatoms. The number of amidine groups is 2. The molecule has 0 aromatic carbocycles. The number of fused-ring (bicyclic) bond motifs is 1. The molecule has 2 aromatic heterocycles. The highest BCUT2D eigenvalue weighted by atomic mass is 35.5. The fraction of sp³-hybridized carbons (Fsp3) is 0.368. The molecule has 2 N–H and O–H groups in total. The molecule has 5 heterocycles. The van der Waals surface area contributed by atoms with Crippen LogP contribution in [-0.2, 0) is 19.8 Å². The van der Waals surface area contributed by atoms with Gasteiger partial charge in [-0.15, -0.1) is 5.84 Å². The zero-order chi connectivity index (χ0) is 23.4. The van der Waals surface area contributed by atoms with E-state index in [1.807, 2.05) is 9.80 Å². The number of aromatic nitrogens is 2. The molecule has 1 atom stereocenters. The molecule has 0 radical (unpaired) electrons. The highest BCUT2D eigenvalue weighted by Crippen LogP contribution is 2.35. The molecule has 3 aliphatic rings. The Morgan fingerprint density at radius 3 is 2.67 bits per heavy atom. The van der Waals surface area contributed by atoms with Gasteiger partial charge in [0, 0.05) is 45.3 Å². The molecule has 1 fully saturated rings. The summed E-state index contributed by atoms with van der Waals surface area (Å²) >= 11 is 6.09. The van der Waals surface area contributed by atoms with Crippen LogP contribution in [-0.4, -0.2) is 68.3 Å². The average Bonchev–Trinajstić information content (AvgIpc) is 3.47. The molecule has 0 amide bonds. The summed E-state index contributed by atoms with van der Waals surface area (Å²) in [4.78, 5) is 12.8. The second kappa shape index (κ2) is 7.80. The van der Waals surface area contributed by atoms with E-state index in [1.165, 1.54) is 13.3 Å². The van der Waals surface area contributed by atoms with Gasteiger partial charge in [0.15, 0.2) is 23.5 Å². The van der Waals surface area contributed by atoms with Crippen LogP contribution in [0.1, 0.15) is 17.0 Å². The van der Waals surface area contributed by atoms with Crippen LogP contribution < -0.4 is 5.84 Å². The Morgan fingerprint density at radius 2 is 2.00 bits per heavy atom. The Bertz CT molecular complexity index is 1190. The molecule has 1 unspecified atom stereocenters. The minimum absolute atomic E-state index is 0.00927. The number of aryl methyl sites for hydroxylation is 1. The molecule has 174 valence electrons. The summed E-state index contributed by atoms with van der Waals surface area (Å²) in [6, 6.07) is 3.48. The van der Waals surface area contributed by atoms with Gasteiger partial charge in [0.25, 0.3) is 11.7 Å². The van der Waals surface area contributed by atoms with Crippen LogP contribution in [0.3, 0.4) is 0 Å². The highest BCUT2D eigenvalue weighted by molar-refractivity contribution is 6.31. The van der Waals surface area contributed by atoms with Gasteiger partial charge in [0.1, 0.15) is 11.4 Å². The Morgan fingerprint density at radius 1 is 1.24 bits per heavy atom. The Labute approximate surface area is 191 Å². The monoisotopic (exact) mass is 482 g/mol. The summed E-state index contributed by atoms with van der Waals surface area (Å²) in [5, 5.41) is 7.98. The zero-order valence-corrected chi connectivity index (χ0v) is 18.3. The number of alkyl halides is 3. The minimum Gasteiger partial charge on any atom is -0.461 e. The van der Waals surface area contributed by atoms with E-state index in [0.29, 0.717) is 49.4 Å². The van der Waals surface area contributed by atoms with Crippen molar-refractivity contribution in [2.75, 3.05) is 26.2 Å². The predicted octanol–water partition coefficient (Wildman–Crippen LogP) is 2.15. The van der Waals surface area contributed by atoms with Crippen molar-refractivity contribution >= 4 is 29.5 Å². The zero-order valence-electron chi connectivity index (χ0n) is 17.5. The van der Waals surface area contributed by atoms with Gasteiger partial charge in [-0.2, -0.15) is 23.3 Å². The molecule has 10 nitrogen and oxygen atoms in total. The summed E-state index contributed by atoms with van der Waals surface area (Å²) in [7, 11) is 1.40. The predicted molar refractivity (Wildman–Crippen MR) is 114 cm³/mol. The lowest BCUT2D eigenvalue weighted by Gasteiger charge is -2.36. The normalized spacial score (nSPS) is 23.5. The average molecular weight is 483 g/mol. The smallest absolute Gasteiger partial charge is 0.435 e. The van der Waals surface area contributed by atoms with Crippen LogP contribution in [0.15, 0.2) is 49.9 Å². The number of hydrogen-bond acceptors (Lipinski definition) is 8. The van der Waals surface area contributed by atoms with Crippen LogP contribution in [0.25, 0.3) is 0 Å². The van der Waals surface area contributed by atoms with E-state index < -0.39 is 11.9 Å². The lowest BCUT2D eigenvalue weighted by atomic mass is 10.2. The van der Waals surface area contributed by atoms with Crippen molar-refractivity contribution < 1.29 is 22.3 Å². The van der Waals surface area contributed by atoms with E-state index in [4.69, 9.17) is 21.9 Å². The van der Waals surface area contributed by atoms with Crippen LogP contribution >= 0.6 is 11.6 Å². The van der Waals surface area contributed by atoms with Gasteiger partial charge in [-0.3, -0.25) is 9.58 Å². The maximum atomic E-state index is 13.3. The molecular weight excluding hydrogens is 463 g/mol. The summed E-state index contributed by atoms with van der Waals surface area (Å²) in [5.41, 5.74) is -0.961. The van der Waals surface area contributed by atoms with Gasteiger partial charge in [-0.05, 0) is 21.9 Å². The lowest BCUT2D eigenvalue weighted by molar-refractivity contribution is -0.803. The topological polar surface area (TPSA) is 101 Å². The second-order valence-corrected chi connectivity index (χ2v) is 8.22. The van der Waals surface area contributed by atoms with Crippen LogP contribution in [0.5, 0.6) is 0 Å². The van der Waals surface area contributed by atoms with E-state index in [1.54, 1.807) is 24.5 Å². The van der Waals surface area contributed by atoms with E-state index >= 15 is 0 Å². The molecule has 0 saturated carbocycles. The van der Waals surface area contributed by atoms with E-state index in [-0.39, 0.29) is 22.0 Å². The van der Waals surface area contributed by atoms with E-state index in [9.17, 15) is 13.2 Å². The molecule has 0 spiro atoms. The van der Waals surface area contributed by atoms with Crippen molar-refractivity contribution in [1.82, 2.24) is 19.6 Å². The summed E-state index contributed by atoms with van der Waals surface area (Å²) in [6.07, 6.45) is 0.213. The number of aliphatic imine (C=N–C) groups is 2. The van der Waals surface area contributed by atoms with Crippen molar-refractivity contribution in [2.24, 2.45) is 28.0 Å². The third-order valence-corrected chi connectivity index (χ3v) is 6.10. The Hall–Kier alpha value is -3.00. The first-order chi connectivity index (χ1) is 15.6. The third kappa shape index (κ3) is 3.97. The molecule has 0 bridgehead atoms. The van der Waals surface area contributed by atoms with Gasteiger partial charge >= 0.3 is 6.18 Å². The first kappa shape index (κ1) is 21.8. The van der Waals surface area contributed by atoms with Crippen molar-refractivity contribution in [3.8, 4) is 0 Å². The van der Waals surface area contributed by atoms with Gasteiger partial charge < -0.3 is 9.32 Å². The SMILES string of the molecule is Cn1nc(C(F)(F)F)c(CN2CCN(C3=C[N+]4(N)N=C(c5ccco5)N=C4C=N3)CC2)c1Cl. The number of piperazine rings is 1. The molecular formula is C19H20ClF3N9O+. The quantitative estimate of drug-likeness (QED) is 0.531. The molecule has 2 aromatic rings. The van der Waals surface area contributed by atoms with Gasteiger partial charge in [-0.25, -0.2) is 4.99 Å². The van der Waals surface area contributed by atoms with Gasteiger partial charge in [0.05, 0.1) is 6.26 Å². The van der Waals surface area contributed by atoms with Crippen LogP contribution in [0.2, 0.25) is 5.15 Å². The first-order valence-electron chi connectivity index (χ1n) is 10.1. The largest absolute Gasteiger partial charge is 0.461 e. The summed E-state index contributed by atoms with van der Waals surface area (Å²) in [6.45, 7) is 2.18. The molecule has 33 heavy (non-hydrogen) atoms. The standard InChI is InChI=1S/C19H20ClF3N9O/c1-29-17(20)12(16(27-29)19(21,22)23)10-30-4-6-31(7-5-30)14-11-32(24)15(9-25-14)26-18(28-32)13-3-2-8-33-13/h2-3,8-9,11H,4-7,10,24H2,1H3/q+1. The van der Waals surface area contributed by atoms with Crippen LogP contribution in [0.4, 0.5) is 13.2 Å². The van der Waals surface area contributed by atoms with Crippen molar-refractivity contribution in [3.05, 3.63) is 52.6 Å². The molecule has 5 rings (SSSR count). The van der Waals surface area contributed by atoms with Crippen molar-refractivity contribution in [1.29, 1.82) is 0 Å². The molecule has 3 aliphatic heterocycles. The maximum absolute atomic E-state index is 13.3. The number of furan rings is 1. The number of nitrogens with two attached hydrogens (primary N) is 1. The Balaban J connectivity index is 1.28. The van der Waals surface area contributed by atoms with Gasteiger partial charge in [0.2, 0.25) is 0 Å². The fourth-order valence-electron chi connectivity index (χ4n) is 3.92. The number of nitrogens with zero attached hydrogens (tertiary/aromatic N) is 8. The highest BCUT2D eigenvalue weighted by Gasteiger charge is 2.42. The summed E-state index contributed by atoms with van der Waals surface area (Å²) in [5.74, 6) is 8.36. The Kier molecular flexibility index (Phi) is 5.16. The number of rotatable bonds is 4. The van der Waals surface area contributed by atoms with Crippen LogP contribution in [0, 0.1) is 0 Å². The molecule has 0 aliphatic carbocycles. The second-order valence-electron chi connectivity index (χ2n) is 7.86.